The quantitative estimate of drug-likeness (QED) is 0.724. The Morgan fingerprint density at radius 1 is 1.17 bits per heavy atom. The summed E-state index contributed by atoms with van der Waals surface area (Å²) in [6.07, 6.45) is 5.30. The Labute approximate surface area is 140 Å². The molecule has 0 N–H and O–H groups in total. The molecule has 0 aliphatic rings. The van der Waals surface area contributed by atoms with E-state index in [-0.39, 0.29) is 5.91 Å². The van der Waals surface area contributed by atoms with Gasteiger partial charge in [-0.3, -0.25) is 9.20 Å². The number of ether oxygens (including phenoxy) is 1. The standard InChI is InChI=1S/C18H20N4O2/c1-4-21(5-2)18(23)14-8-6-13(7-9-14)15-12-20-16-17(24-3)19-10-11-22(15)16/h6-12H,4-5H2,1-3H3. The number of carbonyl (C=O) groups excluding carboxylic acids is 1. The minimum absolute atomic E-state index is 0.0514. The first-order valence-corrected chi connectivity index (χ1v) is 7.95. The number of methoxy groups -OCH3 is 1. The summed E-state index contributed by atoms with van der Waals surface area (Å²) in [7, 11) is 1.57. The second-order valence-corrected chi connectivity index (χ2v) is 5.33. The van der Waals surface area contributed by atoms with Gasteiger partial charge in [-0.25, -0.2) is 9.97 Å². The lowest BCUT2D eigenvalue weighted by atomic mass is 10.1. The SMILES string of the molecule is CCN(CC)C(=O)c1ccc(-c2cnc3c(OC)nccn23)cc1. The van der Waals surface area contributed by atoms with Gasteiger partial charge in [0.25, 0.3) is 11.8 Å². The average molecular weight is 324 g/mol. The van der Waals surface area contributed by atoms with Gasteiger partial charge >= 0.3 is 0 Å². The second kappa shape index (κ2) is 6.70. The van der Waals surface area contributed by atoms with Crippen LogP contribution in [0, 0.1) is 0 Å². The number of fused-ring (bicyclic) bond motifs is 1. The Hall–Kier alpha value is -2.89. The van der Waals surface area contributed by atoms with Crippen LogP contribution < -0.4 is 4.74 Å². The average Bonchev–Trinajstić information content (AvgIpc) is 3.07. The fourth-order valence-electron chi connectivity index (χ4n) is 2.73. The monoisotopic (exact) mass is 324 g/mol. The molecule has 24 heavy (non-hydrogen) atoms. The molecule has 2 heterocycles. The molecule has 124 valence electrons. The van der Waals surface area contributed by atoms with Crippen LogP contribution in [-0.4, -0.2) is 45.4 Å². The Balaban J connectivity index is 1.96. The molecule has 0 atom stereocenters. The highest BCUT2D eigenvalue weighted by molar-refractivity contribution is 5.94. The largest absolute Gasteiger partial charge is 0.478 e. The smallest absolute Gasteiger partial charge is 0.258 e. The van der Waals surface area contributed by atoms with Crippen molar-refractivity contribution < 1.29 is 9.53 Å². The van der Waals surface area contributed by atoms with Crippen molar-refractivity contribution >= 4 is 11.6 Å². The predicted octanol–water partition coefficient (Wildman–Crippen LogP) is 2.89. The molecule has 0 saturated carbocycles. The molecule has 6 nitrogen and oxygen atoms in total. The summed E-state index contributed by atoms with van der Waals surface area (Å²) in [5.74, 6) is 0.535. The first kappa shape index (κ1) is 16.0. The van der Waals surface area contributed by atoms with E-state index in [1.807, 2.05) is 48.7 Å². The van der Waals surface area contributed by atoms with E-state index in [0.29, 0.717) is 30.2 Å². The normalized spacial score (nSPS) is 10.8. The lowest BCUT2D eigenvalue weighted by Gasteiger charge is -2.18. The lowest BCUT2D eigenvalue weighted by Crippen LogP contribution is -2.30. The number of benzene rings is 1. The fraction of sp³-hybridized carbons (Fsp3) is 0.278. The van der Waals surface area contributed by atoms with Crippen LogP contribution in [-0.2, 0) is 0 Å². The molecule has 0 spiro atoms. The zero-order chi connectivity index (χ0) is 17.1. The fourth-order valence-corrected chi connectivity index (χ4v) is 2.73. The van der Waals surface area contributed by atoms with Gasteiger partial charge in [-0.05, 0) is 26.0 Å². The highest BCUT2D eigenvalue weighted by Gasteiger charge is 2.14. The van der Waals surface area contributed by atoms with E-state index in [0.717, 1.165) is 11.3 Å². The van der Waals surface area contributed by atoms with Crippen LogP contribution in [0.25, 0.3) is 16.9 Å². The Morgan fingerprint density at radius 3 is 2.50 bits per heavy atom. The van der Waals surface area contributed by atoms with Crippen LogP contribution >= 0.6 is 0 Å². The van der Waals surface area contributed by atoms with Crippen LogP contribution in [0.3, 0.4) is 0 Å². The summed E-state index contributed by atoms with van der Waals surface area (Å²) in [6, 6.07) is 7.59. The zero-order valence-corrected chi connectivity index (χ0v) is 14.1. The van der Waals surface area contributed by atoms with Crippen molar-refractivity contribution in [2.45, 2.75) is 13.8 Å². The third-order valence-electron chi connectivity index (χ3n) is 4.07. The molecule has 3 rings (SSSR count). The number of aromatic nitrogens is 3. The van der Waals surface area contributed by atoms with E-state index >= 15 is 0 Å². The second-order valence-electron chi connectivity index (χ2n) is 5.33. The Morgan fingerprint density at radius 2 is 1.88 bits per heavy atom. The van der Waals surface area contributed by atoms with Crippen molar-refractivity contribution in [2.75, 3.05) is 20.2 Å². The maximum Gasteiger partial charge on any atom is 0.258 e. The van der Waals surface area contributed by atoms with Gasteiger partial charge in [-0.2, -0.15) is 0 Å². The minimum atomic E-state index is 0.0514. The first-order chi connectivity index (χ1) is 11.7. The minimum Gasteiger partial charge on any atom is -0.478 e. The number of rotatable bonds is 5. The molecular weight excluding hydrogens is 304 g/mol. The number of hydrogen-bond acceptors (Lipinski definition) is 4. The topological polar surface area (TPSA) is 59.7 Å². The molecule has 0 unspecified atom stereocenters. The van der Waals surface area contributed by atoms with Crippen LogP contribution in [0.15, 0.2) is 42.9 Å². The van der Waals surface area contributed by atoms with Crippen molar-refractivity contribution in [3.8, 4) is 17.1 Å². The van der Waals surface area contributed by atoms with Crippen LogP contribution in [0.4, 0.5) is 0 Å². The van der Waals surface area contributed by atoms with Gasteiger partial charge < -0.3 is 9.64 Å². The molecule has 3 aromatic rings. The molecule has 1 aromatic carbocycles. The first-order valence-electron chi connectivity index (χ1n) is 7.95. The molecule has 0 aliphatic carbocycles. The van der Waals surface area contributed by atoms with Crippen molar-refractivity contribution in [3.63, 3.8) is 0 Å². The molecule has 0 aliphatic heterocycles. The Bertz CT molecular complexity index is 851. The van der Waals surface area contributed by atoms with E-state index in [9.17, 15) is 4.79 Å². The molecule has 0 fully saturated rings. The Kier molecular flexibility index (Phi) is 4.46. The third kappa shape index (κ3) is 2.71. The molecule has 0 radical (unpaired) electrons. The molecule has 0 bridgehead atoms. The van der Waals surface area contributed by atoms with E-state index in [1.165, 1.54) is 0 Å². The van der Waals surface area contributed by atoms with Gasteiger partial charge in [0.15, 0.2) is 0 Å². The van der Waals surface area contributed by atoms with Crippen molar-refractivity contribution in [3.05, 3.63) is 48.4 Å². The van der Waals surface area contributed by atoms with Gasteiger partial charge in [0.1, 0.15) is 0 Å². The third-order valence-corrected chi connectivity index (χ3v) is 4.07. The lowest BCUT2D eigenvalue weighted by molar-refractivity contribution is 0.0773. The number of carbonyl (C=O) groups is 1. The van der Waals surface area contributed by atoms with E-state index in [2.05, 4.69) is 9.97 Å². The summed E-state index contributed by atoms with van der Waals surface area (Å²) in [4.78, 5) is 22.7. The summed E-state index contributed by atoms with van der Waals surface area (Å²) < 4.78 is 7.16. The van der Waals surface area contributed by atoms with Gasteiger partial charge in [0, 0.05) is 36.6 Å². The number of hydrogen-bond donors (Lipinski definition) is 0. The summed E-state index contributed by atoms with van der Waals surface area (Å²) in [6.45, 7) is 5.37. The maximum atomic E-state index is 12.4. The van der Waals surface area contributed by atoms with E-state index < -0.39 is 0 Å². The van der Waals surface area contributed by atoms with Crippen LogP contribution in [0.2, 0.25) is 0 Å². The van der Waals surface area contributed by atoms with Crippen molar-refractivity contribution in [1.29, 1.82) is 0 Å². The van der Waals surface area contributed by atoms with Crippen LogP contribution in [0.5, 0.6) is 5.88 Å². The van der Waals surface area contributed by atoms with Crippen molar-refractivity contribution in [1.82, 2.24) is 19.3 Å². The molecular formula is C18H20N4O2. The van der Waals surface area contributed by atoms with Crippen LogP contribution in [0.1, 0.15) is 24.2 Å². The molecule has 0 saturated heterocycles. The summed E-state index contributed by atoms with van der Waals surface area (Å²) in [5, 5.41) is 0. The zero-order valence-electron chi connectivity index (χ0n) is 14.1. The van der Waals surface area contributed by atoms with Gasteiger partial charge in [-0.15, -0.1) is 0 Å². The highest BCUT2D eigenvalue weighted by atomic mass is 16.5. The van der Waals surface area contributed by atoms with Gasteiger partial charge in [-0.1, -0.05) is 12.1 Å². The van der Waals surface area contributed by atoms with E-state index in [4.69, 9.17) is 4.74 Å². The summed E-state index contributed by atoms with van der Waals surface area (Å²) in [5.41, 5.74) is 3.26. The van der Waals surface area contributed by atoms with Gasteiger partial charge in [0.05, 0.1) is 19.0 Å². The van der Waals surface area contributed by atoms with Gasteiger partial charge in [0.2, 0.25) is 5.65 Å². The molecule has 2 aromatic heterocycles. The molecule has 1 amide bonds. The summed E-state index contributed by atoms with van der Waals surface area (Å²) >= 11 is 0. The molecule has 6 heteroatoms. The van der Waals surface area contributed by atoms with E-state index in [1.54, 1.807) is 24.4 Å². The number of imidazole rings is 1. The predicted molar refractivity (Wildman–Crippen MR) is 92.2 cm³/mol. The highest BCUT2D eigenvalue weighted by Crippen LogP contribution is 2.24. The van der Waals surface area contributed by atoms with Crippen molar-refractivity contribution in [2.24, 2.45) is 0 Å². The number of nitrogens with zero attached hydrogens (tertiary/aromatic N) is 4. The number of amides is 1. The maximum absolute atomic E-state index is 12.4.